The van der Waals surface area contributed by atoms with Crippen molar-refractivity contribution in [3.63, 3.8) is 0 Å². The number of hydrogen-bond acceptors (Lipinski definition) is 8. The molecule has 2 N–H and O–H groups in total. The number of thioether (sulfide) groups is 1. The Labute approximate surface area is 183 Å². The lowest BCUT2D eigenvalue weighted by Gasteiger charge is -2.19. The molecule has 2 heterocycles. The van der Waals surface area contributed by atoms with Crippen LogP contribution in [-0.4, -0.2) is 34.6 Å². The molecule has 9 heteroatoms. The number of carbonyl (C=O) groups is 1. The van der Waals surface area contributed by atoms with E-state index in [4.69, 9.17) is 9.47 Å². The zero-order chi connectivity index (χ0) is 21.1. The van der Waals surface area contributed by atoms with E-state index in [0.717, 1.165) is 10.0 Å². The third-order valence-corrected chi connectivity index (χ3v) is 6.73. The molecule has 1 aliphatic heterocycles. The molecule has 1 amide bonds. The molecule has 1 unspecified atom stereocenters. The number of aryl methyl sites for hydroxylation is 1. The van der Waals surface area contributed by atoms with Crippen LogP contribution in [0.5, 0.6) is 11.5 Å². The first-order valence-corrected chi connectivity index (χ1v) is 11.2. The molecule has 0 bridgehead atoms. The second kappa shape index (κ2) is 8.93. The molecule has 0 saturated heterocycles. The molecule has 1 aliphatic rings. The van der Waals surface area contributed by atoms with Gasteiger partial charge in [0.15, 0.2) is 15.8 Å². The number of hydrogen-bond donors (Lipinski definition) is 2. The van der Waals surface area contributed by atoms with Gasteiger partial charge in [0.25, 0.3) is 0 Å². The van der Waals surface area contributed by atoms with Crippen molar-refractivity contribution in [2.24, 2.45) is 0 Å². The number of anilines is 3. The highest BCUT2D eigenvalue weighted by molar-refractivity contribution is 8.02. The first-order chi connectivity index (χ1) is 14.5. The van der Waals surface area contributed by atoms with Gasteiger partial charge in [-0.1, -0.05) is 35.2 Å². The van der Waals surface area contributed by atoms with E-state index < -0.39 is 0 Å². The summed E-state index contributed by atoms with van der Waals surface area (Å²) < 4.78 is 11.8. The molecule has 0 aliphatic carbocycles. The first kappa shape index (κ1) is 20.5. The second-order valence-electron chi connectivity index (χ2n) is 6.85. The summed E-state index contributed by atoms with van der Waals surface area (Å²) in [5, 5.41) is 15.0. The lowest BCUT2D eigenvalue weighted by molar-refractivity contribution is -0.115. The summed E-state index contributed by atoms with van der Waals surface area (Å²) in [7, 11) is 0. The van der Waals surface area contributed by atoms with Crippen molar-refractivity contribution in [2.75, 3.05) is 23.8 Å². The predicted octanol–water partition coefficient (Wildman–Crippen LogP) is 4.79. The van der Waals surface area contributed by atoms with Gasteiger partial charge in [0.05, 0.1) is 5.25 Å². The number of carbonyl (C=O) groups excluding carboxylic acids is 1. The molecule has 7 nitrogen and oxygen atoms in total. The highest BCUT2D eigenvalue weighted by atomic mass is 32.2. The number of nitrogens with one attached hydrogen (secondary N) is 2. The van der Waals surface area contributed by atoms with Crippen LogP contribution in [0.2, 0.25) is 0 Å². The quantitative estimate of drug-likeness (QED) is 0.531. The summed E-state index contributed by atoms with van der Waals surface area (Å²) in [5.41, 5.74) is 4.07. The molecule has 3 aromatic rings. The van der Waals surface area contributed by atoms with Crippen molar-refractivity contribution >= 4 is 45.5 Å². The summed E-state index contributed by atoms with van der Waals surface area (Å²) in [6.45, 7) is 7.03. The maximum atomic E-state index is 12.6. The average Bonchev–Trinajstić information content (AvgIpc) is 3.18. The Morgan fingerprint density at radius 1 is 1.13 bits per heavy atom. The minimum Gasteiger partial charge on any atom is -0.486 e. The van der Waals surface area contributed by atoms with Crippen LogP contribution in [0, 0.1) is 13.8 Å². The van der Waals surface area contributed by atoms with Gasteiger partial charge in [-0.3, -0.25) is 4.79 Å². The Kier molecular flexibility index (Phi) is 6.10. The number of benzene rings is 2. The van der Waals surface area contributed by atoms with Gasteiger partial charge in [-0.15, -0.1) is 10.2 Å². The van der Waals surface area contributed by atoms with Crippen molar-refractivity contribution in [3.8, 4) is 11.5 Å². The Hall–Kier alpha value is -2.78. The SMILES string of the molecule is Cc1cccc(Nc2nnc(SC(C)C(=O)Nc3ccc4c(c3)OCCO4)s2)c1C. The van der Waals surface area contributed by atoms with Crippen LogP contribution in [0.25, 0.3) is 0 Å². The van der Waals surface area contributed by atoms with E-state index in [1.54, 1.807) is 18.2 Å². The van der Waals surface area contributed by atoms with Crippen molar-refractivity contribution in [3.05, 3.63) is 47.5 Å². The van der Waals surface area contributed by atoms with E-state index in [0.29, 0.717) is 35.5 Å². The minimum atomic E-state index is -0.334. The van der Waals surface area contributed by atoms with Gasteiger partial charge in [0.2, 0.25) is 11.0 Å². The van der Waals surface area contributed by atoms with E-state index in [2.05, 4.69) is 40.7 Å². The molecule has 30 heavy (non-hydrogen) atoms. The molecule has 0 fully saturated rings. The molecule has 1 aromatic heterocycles. The lowest BCUT2D eigenvalue weighted by atomic mass is 10.1. The molecule has 0 spiro atoms. The molecule has 0 saturated carbocycles. The fourth-order valence-corrected chi connectivity index (χ4v) is 4.79. The summed E-state index contributed by atoms with van der Waals surface area (Å²) in [5.74, 6) is 1.22. The monoisotopic (exact) mass is 442 g/mol. The van der Waals surface area contributed by atoms with Gasteiger partial charge >= 0.3 is 0 Å². The highest BCUT2D eigenvalue weighted by Gasteiger charge is 2.19. The van der Waals surface area contributed by atoms with Crippen LogP contribution in [0.15, 0.2) is 40.7 Å². The van der Waals surface area contributed by atoms with Crippen LogP contribution in [0.1, 0.15) is 18.1 Å². The van der Waals surface area contributed by atoms with Gasteiger partial charge in [0, 0.05) is 17.4 Å². The summed E-state index contributed by atoms with van der Waals surface area (Å²) in [6, 6.07) is 11.5. The standard InChI is InChI=1S/C21H22N4O3S2/c1-12-5-4-6-16(13(12)2)23-20-24-25-21(30-20)29-14(3)19(26)22-15-7-8-17-18(11-15)28-10-9-27-17/h4-8,11,14H,9-10H2,1-3H3,(H,22,26)(H,23,24). The van der Waals surface area contributed by atoms with E-state index in [1.165, 1.54) is 34.2 Å². The highest BCUT2D eigenvalue weighted by Crippen LogP contribution is 2.34. The van der Waals surface area contributed by atoms with Gasteiger partial charge in [-0.25, -0.2) is 0 Å². The second-order valence-corrected chi connectivity index (χ2v) is 9.42. The van der Waals surface area contributed by atoms with Crippen LogP contribution in [-0.2, 0) is 4.79 Å². The number of ether oxygens (including phenoxy) is 2. The topological polar surface area (TPSA) is 85.4 Å². The Morgan fingerprint density at radius 2 is 1.93 bits per heavy atom. The third-order valence-electron chi connectivity index (χ3n) is 4.71. The van der Waals surface area contributed by atoms with Crippen molar-refractivity contribution in [2.45, 2.75) is 30.4 Å². The van der Waals surface area contributed by atoms with E-state index in [-0.39, 0.29) is 11.2 Å². The smallest absolute Gasteiger partial charge is 0.237 e. The fourth-order valence-electron chi connectivity index (χ4n) is 2.88. The third kappa shape index (κ3) is 4.68. The maximum absolute atomic E-state index is 12.6. The Morgan fingerprint density at radius 3 is 2.77 bits per heavy atom. The number of aromatic nitrogens is 2. The first-order valence-electron chi connectivity index (χ1n) is 9.53. The van der Waals surface area contributed by atoms with Crippen molar-refractivity contribution in [1.29, 1.82) is 0 Å². The Bertz CT molecular complexity index is 1070. The van der Waals surface area contributed by atoms with Gasteiger partial charge < -0.3 is 20.1 Å². The minimum absolute atomic E-state index is 0.115. The predicted molar refractivity (Wildman–Crippen MR) is 120 cm³/mol. The lowest BCUT2D eigenvalue weighted by Crippen LogP contribution is -2.22. The zero-order valence-electron chi connectivity index (χ0n) is 16.9. The molecule has 156 valence electrons. The van der Waals surface area contributed by atoms with Crippen molar-refractivity contribution < 1.29 is 14.3 Å². The van der Waals surface area contributed by atoms with Gasteiger partial charge in [0.1, 0.15) is 13.2 Å². The molecule has 1 atom stereocenters. The summed E-state index contributed by atoms with van der Waals surface area (Å²) >= 11 is 2.80. The van der Waals surface area contributed by atoms with Crippen LogP contribution in [0.3, 0.4) is 0 Å². The van der Waals surface area contributed by atoms with Crippen LogP contribution < -0.4 is 20.1 Å². The maximum Gasteiger partial charge on any atom is 0.237 e. The molecular weight excluding hydrogens is 420 g/mol. The molecular formula is C21H22N4O3S2. The normalized spacial score (nSPS) is 13.6. The van der Waals surface area contributed by atoms with E-state index >= 15 is 0 Å². The van der Waals surface area contributed by atoms with Gasteiger partial charge in [-0.2, -0.15) is 0 Å². The zero-order valence-corrected chi connectivity index (χ0v) is 18.5. The van der Waals surface area contributed by atoms with Crippen LogP contribution in [0.4, 0.5) is 16.5 Å². The number of fused-ring (bicyclic) bond motifs is 1. The summed E-state index contributed by atoms with van der Waals surface area (Å²) in [6.07, 6.45) is 0. The van der Waals surface area contributed by atoms with Crippen LogP contribution >= 0.6 is 23.1 Å². The number of rotatable bonds is 6. The van der Waals surface area contributed by atoms with E-state index in [9.17, 15) is 4.79 Å². The number of amides is 1. The van der Waals surface area contributed by atoms with Gasteiger partial charge in [-0.05, 0) is 50.1 Å². The largest absolute Gasteiger partial charge is 0.486 e. The number of nitrogens with zero attached hydrogens (tertiary/aromatic N) is 2. The Balaban J connectivity index is 1.36. The molecule has 0 radical (unpaired) electrons. The van der Waals surface area contributed by atoms with E-state index in [1.807, 2.05) is 19.1 Å². The summed E-state index contributed by atoms with van der Waals surface area (Å²) in [4.78, 5) is 12.6. The average molecular weight is 443 g/mol. The van der Waals surface area contributed by atoms with Crippen molar-refractivity contribution in [1.82, 2.24) is 10.2 Å². The molecule has 2 aromatic carbocycles. The fraction of sp³-hybridized carbons (Fsp3) is 0.286. The molecule has 4 rings (SSSR count).